The number of hydrogen-bond donors (Lipinski definition) is 1. The van der Waals surface area contributed by atoms with Crippen molar-refractivity contribution in [3.05, 3.63) is 66.1 Å². The molecular weight excluding hydrogens is 484 g/mol. The molecule has 2 unspecified atom stereocenters. The van der Waals surface area contributed by atoms with Gasteiger partial charge in [-0.05, 0) is 36.4 Å². The van der Waals surface area contributed by atoms with Gasteiger partial charge in [-0.15, -0.1) is 10.2 Å². The molecule has 1 aliphatic rings. The average molecular weight is 509 g/mol. The number of ether oxygens (including phenoxy) is 4. The maximum Gasteiger partial charge on any atom is 0.211 e. The number of methoxy groups -OCH3 is 4. The molecule has 1 aliphatic heterocycles. The molecule has 0 amide bonds. The first kappa shape index (κ1) is 23.6. The van der Waals surface area contributed by atoms with Crippen molar-refractivity contribution in [3.63, 3.8) is 0 Å². The molecule has 0 spiro atoms. The average Bonchev–Trinajstić information content (AvgIpc) is 3.61. The Morgan fingerprint density at radius 1 is 0.972 bits per heavy atom. The first-order chi connectivity index (χ1) is 17.6. The number of fused-ring (bicyclic) bond motifs is 1. The normalized spacial score (nSPS) is 16.6. The third-order valence-corrected chi connectivity index (χ3v) is 7.04. The SMILES string of the molecule is COc1cccc(C(=O)C2Sc3nnc(-c4cc(OC)c(OC)c(OC)c4)n3NC2c2ccco2)c1. The molecule has 5 rings (SSSR count). The van der Waals surface area contributed by atoms with Crippen LogP contribution in [0.1, 0.15) is 22.2 Å². The molecule has 10 nitrogen and oxygen atoms in total. The molecule has 0 saturated heterocycles. The van der Waals surface area contributed by atoms with E-state index in [9.17, 15) is 4.79 Å². The smallest absolute Gasteiger partial charge is 0.211 e. The van der Waals surface area contributed by atoms with E-state index in [1.807, 2.05) is 6.07 Å². The summed E-state index contributed by atoms with van der Waals surface area (Å²) in [7, 11) is 6.22. The van der Waals surface area contributed by atoms with Gasteiger partial charge in [0.2, 0.25) is 10.9 Å². The van der Waals surface area contributed by atoms with Gasteiger partial charge < -0.3 is 28.8 Å². The number of nitrogens with one attached hydrogen (secondary N) is 1. The first-order valence-electron chi connectivity index (χ1n) is 11.0. The second kappa shape index (κ2) is 9.86. The van der Waals surface area contributed by atoms with E-state index in [0.717, 1.165) is 0 Å². The van der Waals surface area contributed by atoms with Gasteiger partial charge in [0.25, 0.3) is 0 Å². The van der Waals surface area contributed by atoms with Crippen molar-refractivity contribution < 1.29 is 28.2 Å². The number of carbonyl (C=O) groups excluding carboxylic acids is 1. The summed E-state index contributed by atoms with van der Waals surface area (Å²) < 4.78 is 29.2. The van der Waals surface area contributed by atoms with Crippen molar-refractivity contribution in [1.82, 2.24) is 14.9 Å². The summed E-state index contributed by atoms with van der Waals surface area (Å²) in [4.78, 5) is 13.6. The van der Waals surface area contributed by atoms with E-state index in [-0.39, 0.29) is 5.78 Å². The van der Waals surface area contributed by atoms with E-state index in [1.165, 1.54) is 11.8 Å². The summed E-state index contributed by atoms with van der Waals surface area (Å²) in [6.45, 7) is 0. The van der Waals surface area contributed by atoms with Gasteiger partial charge in [0.1, 0.15) is 22.8 Å². The van der Waals surface area contributed by atoms with Gasteiger partial charge in [-0.3, -0.25) is 4.79 Å². The minimum atomic E-state index is -0.562. The van der Waals surface area contributed by atoms with Crippen LogP contribution in [0.25, 0.3) is 11.4 Å². The van der Waals surface area contributed by atoms with Crippen LogP contribution in [0.4, 0.5) is 0 Å². The predicted octanol–water partition coefficient (Wildman–Crippen LogP) is 4.21. The third kappa shape index (κ3) is 4.11. The number of furan rings is 1. The Hall–Kier alpha value is -4.12. The molecule has 0 fully saturated rings. The van der Waals surface area contributed by atoms with Gasteiger partial charge in [0, 0.05) is 11.1 Å². The monoisotopic (exact) mass is 508 g/mol. The Kier molecular flexibility index (Phi) is 6.47. The van der Waals surface area contributed by atoms with E-state index >= 15 is 0 Å². The molecular formula is C25H24N4O6S. The van der Waals surface area contributed by atoms with E-state index in [1.54, 1.807) is 81.8 Å². The molecule has 36 heavy (non-hydrogen) atoms. The molecule has 4 aromatic rings. The summed E-state index contributed by atoms with van der Waals surface area (Å²) in [5, 5.41) is 8.72. The summed E-state index contributed by atoms with van der Waals surface area (Å²) in [5.41, 5.74) is 4.61. The second-order valence-electron chi connectivity index (χ2n) is 7.81. The van der Waals surface area contributed by atoms with Crippen LogP contribution in [0.5, 0.6) is 23.0 Å². The summed E-state index contributed by atoms with van der Waals surface area (Å²) in [6.07, 6.45) is 1.58. The standard InChI is InChI=1S/C25H24N4O6S/c1-31-16-8-5-7-14(11-16)21(30)23-20(17-9-6-10-35-17)28-29-24(26-27-25(29)36-23)15-12-18(32-2)22(34-4)19(13-15)33-3/h5-13,20,23,28H,1-4H3. The van der Waals surface area contributed by atoms with Crippen LogP contribution >= 0.6 is 11.8 Å². The summed E-state index contributed by atoms with van der Waals surface area (Å²) in [5.74, 6) is 3.09. The maximum absolute atomic E-state index is 13.6. The van der Waals surface area contributed by atoms with E-state index in [0.29, 0.717) is 50.9 Å². The van der Waals surface area contributed by atoms with Crippen molar-refractivity contribution in [2.75, 3.05) is 33.9 Å². The van der Waals surface area contributed by atoms with Gasteiger partial charge in [-0.1, -0.05) is 23.9 Å². The summed E-state index contributed by atoms with van der Waals surface area (Å²) in [6, 6.07) is 13.8. The van der Waals surface area contributed by atoms with Crippen LogP contribution in [-0.4, -0.2) is 54.3 Å². The Balaban J connectivity index is 1.57. The molecule has 0 radical (unpaired) electrons. The Morgan fingerprint density at radius 3 is 2.39 bits per heavy atom. The third-order valence-electron chi connectivity index (χ3n) is 5.82. The molecule has 0 aliphatic carbocycles. The van der Waals surface area contributed by atoms with Crippen molar-refractivity contribution in [3.8, 4) is 34.4 Å². The van der Waals surface area contributed by atoms with Gasteiger partial charge in [0.15, 0.2) is 23.1 Å². The molecule has 11 heteroatoms. The second-order valence-corrected chi connectivity index (χ2v) is 8.92. The zero-order valence-electron chi connectivity index (χ0n) is 20.1. The lowest BCUT2D eigenvalue weighted by Gasteiger charge is -2.31. The lowest BCUT2D eigenvalue weighted by Crippen LogP contribution is -2.38. The molecule has 2 aromatic carbocycles. The highest BCUT2D eigenvalue weighted by Gasteiger charge is 2.40. The zero-order chi connectivity index (χ0) is 25.2. The van der Waals surface area contributed by atoms with Crippen molar-refractivity contribution in [2.24, 2.45) is 0 Å². The van der Waals surface area contributed by atoms with Crippen LogP contribution in [0.15, 0.2) is 64.4 Å². The zero-order valence-corrected chi connectivity index (χ0v) is 20.9. The van der Waals surface area contributed by atoms with Gasteiger partial charge in [0.05, 0.1) is 34.7 Å². The highest BCUT2D eigenvalue weighted by atomic mass is 32.2. The predicted molar refractivity (Wildman–Crippen MR) is 133 cm³/mol. The number of benzene rings is 2. The van der Waals surface area contributed by atoms with Crippen LogP contribution in [0.3, 0.4) is 0 Å². The highest BCUT2D eigenvalue weighted by Crippen LogP contribution is 2.44. The van der Waals surface area contributed by atoms with Gasteiger partial charge >= 0.3 is 0 Å². The number of Topliss-reactive ketones (excluding diaryl/α,β-unsaturated/α-hetero) is 1. The topological polar surface area (TPSA) is 110 Å². The number of hydrogen-bond acceptors (Lipinski definition) is 10. The number of aromatic nitrogens is 3. The van der Waals surface area contributed by atoms with E-state index in [4.69, 9.17) is 23.4 Å². The lowest BCUT2D eigenvalue weighted by molar-refractivity contribution is 0.0977. The minimum Gasteiger partial charge on any atom is -0.497 e. The fourth-order valence-corrected chi connectivity index (χ4v) is 5.21. The van der Waals surface area contributed by atoms with Crippen LogP contribution in [0.2, 0.25) is 0 Å². The fourth-order valence-electron chi connectivity index (χ4n) is 4.07. The number of ketones is 1. The minimum absolute atomic E-state index is 0.0867. The maximum atomic E-state index is 13.6. The van der Waals surface area contributed by atoms with E-state index < -0.39 is 11.3 Å². The first-order valence-corrected chi connectivity index (χ1v) is 11.9. The van der Waals surface area contributed by atoms with Crippen LogP contribution < -0.4 is 24.4 Å². The number of thioether (sulfide) groups is 1. The number of carbonyl (C=O) groups is 1. The Labute approximate surface area is 211 Å². The van der Waals surface area contributed by atoms with Gasteiger partial charge in [-0.25, -0.2) is 4.68 Å². The molecule has 2 aromatic heterocycles. The molecule has 186 valence electrons. The molecule has 3 heterocycles. The molecule has 1 N–H and O–H groups in total. The van der Waals surface area contributed by atoms with Crippen molar-refractivity contribution >= 4 is 17.5 Å². The van der Waals surface area contributed by atoms with Crippen LogP contribution in [0, 0.1) is 0 Å². The quantitative estimate of drug-likeness (QED) is 0.348. The van der Waals surface area contributed by atoms with Crippen LogP contribution in [-0.2, 0) is 0 Å². The molecule has 2 atom stereocenters. The Morgan fingerprint density at radius 2 is 1.75 bits per heavy atom. The molecule has 0 bridgehead atoms. The Bertz CT molecular complexity index is 1360. The highest BCUT2D eigenvalue weighted by molar-refractivity contribution is 8.00. The van der Waals surface area contributed by atoms with Gasteiger partial charge in [-0.2, -0.15) is 0 Å². The van der Waals surface area contributed by atoms with Crippen molar-refractivity contribution in [2.45, 2.75) is 16.4 Å². The van der Waals surface area contributed by atoms with Crippen molar-refractivity contribution in [1.29, 1.82) is 0 Å². The largest absolute Gasteiger partial charge is 0.497 e. The lowest BCUT2D eigenvalue weighted by atomic mass is 10.0. The summed E-state index contributed by atoms with van der Waals surface area (Å²) >= 11 is 1.31. The molecule has 0 saturated carbocycles. The number of rotatable bonds is 8. The fraction of sp³-hybridized carbons (Fsp3) is 0.240. The van der Waals surface area contributed by atoms with E-state index in [2.05, 4.69) is 15.6 Å². The number of nitrogens with zero attached hydrogens (tertiary/aromatic N) is 3.